The van der Waals surface area contributed by atoms with Crippen LogP contribution >= 0.6 is 23.1 Å². The van der Waals surface area contributed by atoms with Gasteiger partial charge in [0.05, 0.1) is 5.03 Å². The Kier molecular flexibility index (Phi) is 4.83. The Balaban J connectivity index is 1.40. The SMILES string of the molecule is O=C(Cn1c2c(sc1=O)[C@@H](c1ccccc1)[C@@H]1[C@H]3CC[C@@H](C3)[C@H]1S2)N1CCCCC1. The Bertz CT molecular complexity index is 1010. The average molecular weight is 441 g/mol. The highest BCUT2D eigenvalue weighted by Crippen LogP contribution is 2.63. The molecule has 1 amide bonds. The standard InChI is InChI=1S/C24H28N2O2S2/c27-18(25-11-5-2-6-12-25)14-26-23-22(30-24(26)28)19(15-7-3-1-4-8-15)20-16-9-10-17(13-16)21(20)29-23/h1,3-4,7-8,16-17,19-21H,2,5-6,9-14H2/t16-,17-,19-,20-,21+/m0/s1. The number of piperidine rings is 1. The van der Waals surface area contributed by atoms with Gasteiger partial charge in [-0.15, -0.1) is 11.8 Å². The maximum Gasteiger partial charge on any atom is 0.308 e. The van der Waals surface area contributed by atoms with Gasteiger partial charge in [-0.25, -0.2) is 0 Å². The Labute approximate surface area is 185 Å². The highest BCUT2D eigenvalue weighted by molar-refractivity contribution is 8.00. The molecule has 5 atom stereocenters. The fraction of sp³-hybridized carbons (Fsp3) is 0.583. The minimum Gasteiger partial charge on any atom is -0.341 e. The second-order valence-corrected chi connectivity index (χ2v) is 11.6. The molecular formula is C24H28N2O2S2. The molecule has 6 heteroatoms. The zero-order valence-corrected chi connectivity index (χ0v) is 18.8. The molecule has 2 aliphatic heterocycles. The zero-order chi connectivity index (χ0) is 20.2. The molecule has 2 bridgehead atoms. The van der Waals surface area contributed by atoms with E-state index >= 15 is 0 Å². The maximum absolute atomic E-state index is 13.1. The smallest absolute Gasteiger partial charge is 0.308 e. The first-order valence-electron chi connectivity index (χ1n) is 11.4. The van der Waals surface area contributed by atoms with Crippen LogP contribution in [0.1, 0.15) is 54.9 Å². The number of carbonyl (C=O) groups excluding carboxylic acids is 1. The Morgan fingerprint density at radius 3 is 2.60 bits per heavy atom. The van der Waals surface area contributed by atoms with Gasteiger partial charge in [0.25, 0.3) is 0 Å². The summed E-state index contributed by atoms with van der Waals surface area (Å²) in [7, 11) is 0. The summed E-state index contributed by atoms with van der Waals surface area (Å²) in [6, 6.07) is 10.8. The highest BCUT2D eigenvalue weighted by Gasteiger charge is 2.55. The summed E-state index contributed by atoms with van der Waals surface area (Å²) in [5, 5.41) is 1.69. The summed E-state index contributed by atoms with van der Waals surface area (Å²) in [5.41, 5.74) is 1.34. The number of rotatable bonds is 3. The molecule has 1 aromatic carbocycles. The molecule has 6 rings (SSSR count). The van der Waals surface area contributed by atoms with Crippen molar-refractivity contribution in [2.45, 2.75) is 61.3 Å². The van der Waals surface area contributed by atoms with Crippen LogP contribution in [0.5, 0.6) is 0 Å². The first-order chi connectivity index (χ1) is 14.7. The van der Waals surface area contributed by atoms with Crippen LogP contribution in [0.15, 0.2) is 40.2 Å². The summed E-state index contributed by atoms with van der Waals surface area (Å²) in [4.78, 5) is 29.3. The topological polar surface area (TPSA) is 42.3 Å². The van der Waals surface area contributed by atoms with E-state index in [0.29, 0.717) is 17.1 Å². The zero-order valence-electron chi connectivity index (χ0n) is 17.2. The van der Waals surface area contributed by atoms with Gasteiger partial charge in [-0.1, -0.05) is 41.7 Å². The number of amides is 1. The van der Waals surface area contributed by atoms with Crippen LogP contribution in [-0.4, -0.2) is 33.7 Å². The van der Waals surface area contributed by atoms with Gasteiger partial charge in [0, 0.05) is 29.1 Å². The van der Waals surface area contributed by atoms with E-state index in [-0.39, 0.29) is 17.3 Å². The molecule has 4 aliphatic rings. The molecule has 4 nitrogen and oxygen atoms in total. The van der Waals surface area contributed by atoms with Gasteiger partial charge < -0.3 is 4.90 Å². The molecule has 3 heterocycles. The first-order valence-corrected chi connectivity index (χ1v) is 13.1. The van der Waals surface area contributed by atoms with Crippen molar-refractivity contribution < 1.29 is 4.79 Å². The summed E-state index contributed by atoms with van der Waals surface area (Å²) in [6.45, 7) is 1.90. The molecule has 2 saturated carbocycles. The van der Waals surface area contributed by atoms with Crippen molar-refractivity contribution in [2.24, 2.45) is 17.8 Å². The molecule has 158 valence electrons. The van der Waals surface area contributed by atoms with Gasteiger partial charge in [-0.05, 0) is 61.8 Å². The largest absolute Gasteiger partial charge is 0.341 e. The molecule has 3 fully saturated rings. The molecule has 0 unspecified atom stereocenters. The fourth-order valence-corrected chi connectivity index (χ4v) is 9.65. The van der Waals surface area contributed by atoms with E-state index in [1.54, 1.807) is 0 Å². The molecule has 1 aromatic heterocycles. The number of carbonyl (C=O) groups is 1. The van der Waals surface area contributed by atoms with Gasteiger partial charge in [-0.3, -0.25) is 14.2 Å². The van der Waals surface area contributed by atoms with E-state index in [9.17, 15) is 9.59 Å². The minimum atomic E-state index is 0.0473. The van der Waals surface area contributed by atoms with Crippen LogP contribution in [0.4, 0.5) is 0 Å². The predicted octanol–water partition coefficient (Wildman–Crippen LogP) is 4.57. The lowest BCUT2D eigenvalue weighted by Gasteiger charge is -2.40. The van der Waals surface area contributed by atoms with Gasteiger partial charge in [0.15, 0.2) is 0 Å². The normalized spacial score (nSPS) is 32.1. The molecule has 0 N–H and O–H groups in total. The molecule has 1 saturated heterocycles. The predicted molar refractivity (Wildman–Crippen MR) is 121 cm³/mol. The van der Waals surface area contributed by atoms with Gasteiger partial charge in [0.2, 0.25) is 5.91 Å². The van der Waals surface area contributed by atoms with Crippen LogP contribution in [-0.2, 0) is 11.3 Å². The molecule has 2 aliphatic carbocycles. The van der Waals surface area contributed by atoms with Crippen molar-refractivity contribution in [3.8, 4) is 0 Å². The molecular weight excluding hydrogens is 412 g/mol. The number of likely N-dealkylation sites (tertiary alicyclic amines) is 1. The van der Waals surface area contributed by atoms with E-state index in [1.807, 2.05) is 21.2 Å². The van der Waals surface area contributed by atoms with Crippen molar-refractivity contribution in [2.75, 3.05) is 13.1 Å². The van der Waals surface area contributed by atoms with Crippen molar-refractivity contribution in [1.29, 1.82) is 0 Å². The van der Waals surface area contributed by atoms with E-state index in [4.69, 9.17) is 0 Å². The van der Waals surface area contributed by atoms with Crippen LogP contribution < -0.4 is 4.87 Å². The quantitative estimate of drug-likeness (QED) is 0.702. The van der Waals surface area contributed by atoms with Crippen molar-refractivity contribution in [3.05, 3.63) is 50.4 Å². The lowest BCUT2D eigenvalue weighted by atomic mass is 9.75. The molecule has 2 aromatic rings. The van der Waals surface area contributed by atoms with Crippen molar-refractivity contribution >= 4 is 29.0 Å². The summed E-state index contributed by atoms with van der Waals surface area (Å²) in [5.74, 6) is 2.61. The van der Waals surface area contributed by atoms with E-state index in [1.165, 1.54) is 47.5 Å². The number of benzene rings is 1. The van der Waals surface area contributed by atoms with E-state index in [0.717, 1.165) is 42.8 Å². The maximum atomic E-state index is 13.1. The molecule has 0 spiro atoms. The van der Waals surface area contributed by atoms with E-state index < -0.39 is 0 Å². The Morgan fingerprint density at radius 1 is 1.03 bits per heavy atom. The van der Waals surface area contributed by atoms with Gasteiger partial charge in [0.1, 0.15) is 6.54 Å². The lowest BCUT2D eigenvalue weighted by molar-refractivity contribution is -0.132. The number of aromatic nitrogens is 1. The fourth-order valence-electron chi connectivity index (χ4n) is 6.50. The lowest BCUT2D eigenvalue weighted by Crippen LogP contribution is -2.39. The van der Waals surface area contributed by atoms with Gasteiger partial charge in [-0.2, -0.15) is 0 Å². The number of thioether (sulfide) groups is 1. The van der Waals surface area contributed by atoms with Crippen molar-refractivity contribution in [1.82, 2.24) is 9.47 Å². The van der Waals surface area contributed by atoms with Crippen LogP contribution in [0.3, 0.4) is 0 Å². The number of hydrogen-bond donors (Lipinski definition) is 0. The molecule has 30 heavy (non-hydrogen) atoms. The number of fused-ring (bicyclic) bond motifs is 6. The average Bonchev–Trinajstić information content (AvgIpc) is 3.48. The summed E-state index contributed by atoms with van der Waals surface area (Å²) >= 11 is 3.33. The first kappa shape index (κ1) is 19.2. The van der Waals surface area contributed by atoms with Crippen molar-refractivity contribution in [3.63, 3.8) is 0 Å². The Hall–Kier alpha value is -1.53. The second kappa shape index (κ2) is 7.56. The highest BCUT2D eigenvalue weighted by atomic mass is 32.2. The van der Waals surface area contributed by atoms with Gasteiger partial charge >= 0.3 is 4.87 Å². The summed E-state index contributed by atoms with van der Waals surface area (Å²) in [6.07, 6.45) is 7.39. The summed E-state index contributed by atoms with van der Waals surface area (Å²) < 4.78 is 1.82. The monoisotopic (exact) mass is 440 g/mol. The van der Waals surface area contributed by atoms with Crippen LogP contribution in [0.2, 0.25) is 0 Å². The third-order valence-electron chi connectivity index (χ3n) is 7.85. The Morgan fingerprint density at radius 2 is 1.80 bits per heavy atom. The van der Waals surface area contributed by atoms with Crippen LogP contribution in [0.25, 0.3) is 0 Å². The minimum absolute atomic E-state index is 0.0473. The number of hydrogen-bond acceptors (Lipinski definition) is 4. The third-order valence-corrected chi connectivity index (χ3v) is 10.7. The van der Waals surface area contributed by atoms with Crippen LogP contribution in [0, 0.1) is 17.8 Å². The molecule has 0 radical (unpaired) electrons. The number of thiazole rings is 1. The van der Waals surface area contributed by atoms with E-state index in [2.05, 4.69) is 30.3 Å². The second-order valence-electron chi connectivity index (χ2n) is 9.45. The third kappa shape index (κ3) is 3.01. The number of nitrogens with zero attached hydrogens (tertiary/aromatic N) is 2.